The summed E-state index contributed by atoms with van der Waals surface area (Å²) in [7, 11) is 0. The fourth-order valence-corrected chi connectivity index (χ4v) is 4.48. The van der Waals surface area contributed by atoms with Crippen molar-refractivity contribution in [3.63, 3.8) is 0 Å². The normalized spacial score (nSPS) is 25.0. The third kappa shape index (κ3) is 4.09. The summed E-state index contributed by atoms with van der Waals surface area (Å²) in [4.78, 5) is 16.6. The number of hydrogen-bond donors (Lipinski definition) is 0. The molecule has 0 saturated heterocycles. The van der Waals surface area contributed by atoms with E-state index in [1.807, 2.05) is 11.8 Å². The molecule has 2 aliphatic rings. The Morgan fingerprint density at radius 3 is 2.67 bits per heavy atom. The van der Waals surface area contributed by atoms with Gasteiger partial charge in [0.25, 0.3) is 0 Å². The summed E-state index contributed by atoms with van der Waals surface area (Å²) in [6, 6.07) is 0. The van der Waals surface area contributed by atoms with Crippen LogP contribution in [0.15, 0.2) is 4.52 Å². The standard InChI is InChI=1S/C16H24N2O2S/c19-14-10-6-2-5-9-13(14)16-17-15(18-20-16)11-21-12-7-3-1-4-8-12/h12-13H,1-11H2. The molecule has 2 fully saturated rings. The highest BCUT2D eigenvalue weighted by Gasteiger charge is 2.27. The molecule has 116 valence electrons. The molecule has 1 aromatic rings. The number of aromatic nitrogens is 2. The van der Waals surface area contributed by atoms with E-state index < -0.39 is 0 Å². The van der Waals surface area contributed by atoms with Crippen LogP contribution in [-0.4, -0.2) is 21.2 Å². The lowest BCUT2D eigenvalue weighted by atomic mass is 9.99. The molecule has 0 amide bonds. The highest BCUT2D eigenvalue weighted by molar-refractivity contribution is 7.99. The lowest BCUT2D eigenvalue weighted by Gasteiger charge is -2.20. The van der Waals surface area contributed by atoms with Crippen molar-refractivity contribution < 1.29 is 9.32 Å². The first kappa shape index (κ1) is 15.1. The Kier molecular flexibility index (Phi) is 5.33. The second kappa shape index (κ2) is 7.43. The van der Waals surface area contributed by atoms with Crippen LogP contribution >= 0.6 is 11.8 Å². The average Bonchev–Trinajstić information content (AvgIpc) is 2.88. The predicted molar refractivity (Wildman–Crippen MR) is 83.3 cm³/mol. The highest BCUT2D eigenvalue weighted by Crippen LogP contribution is 2.31. The Labute approximate surface area is 130 Å². The van der Waals surface area contributed by atoms with Crippen LogP contribution < -0.4 is 0 Å². The smallest absolute Gasteiger partial charge is 0.237 e. The number of rotatable bonds is 4. The summed E-state index contributed by atoms with van der Waals surface area (Å²) in [5, 5.41) is 4.83. The van der Waals surface area contributed by atoms with Crippen molar-refractivity contribution in [1.82, 2.24) is 10.1 Å². The van der Waals surface area contributed by atoms with Gasteiger partial charge in [0.1, 0.15) is 5.78 Å². The number of ketones is 1. The van der Waals surface area contributed by atoms with Crippen LogP contribution in [0.2, 0.25) is 0 Å². The fraction of sp³-hybridized carbons (Fsp3) is 0.812. The molecule has 0 bridgehead atoms. The summed E-state index contributed by atoms with van der Waals surface area (Å²) in [5.74, 6) is 2.27. The Morgan fingerprint density at radius 1 is 1.05 bits per heavy atom. The number of carbonyl (C=O) groups is 1. The third-order valence-corrected chi connectivity index (χ3v) is 5.95. The molecule has 3 rings (SSSR count). The summed E-state index contributed by atoms with van der Waals surface area (Å²) < 4.78 is 5.37. The molecule has 2 saturated carbocycles. The molecule has 0 radical (unpaired) electrons. The third-order valence-electron chi connectivity index (χ3n) is 4.59. The highest BCUT2D eigenvalue weighted by atomic mass is 32.2. The molecule has 1 atom stereocenters. The molecule has 1 aromatic heterocycles. The van der Waals surface area contributed by atoms with E-state index in [1.54, 1.807) is 0 Å². The first-order valence-corrected chi connectivity index (χ1v) is 9.34. The lowest BCUT2D eigenvalue weighted by Crippen LogP contribution is -2.11. The number of Topliss-reactive ketones (excluding diaryl/α,β-unsaturated/α-hetero) is 1. The van der Waals surface area contributed by atoms with Gasteiger partial charge in [-0.1, -0.05) is 37.3 Å². The lowest BCUT2D eigenvalue weighted by molar-refractivity contribution is -0.120. The number of carbonyl (C=O) groups excluding carboxylic acids is 1. The number of thioether (sulfide) groups is 1. The van der Waals surface area contributed by atoms with Crippen molar-refractivity contribution in [3.05, 3.63) is 11.7 Å². The van der Waals surface area contributed by atoms with Gasteiger partial charge in [-0.3, -0.25) is 4.79 Å². The molecule has 0 aromatic carbocycles. The zero-order valence-corrected chi connectivity index (χ0v) is 13.4. The van der Waals surface area contributed by atoms with Crippen molar-refractivity contribution in [2.24, 2.45) is 0 Å². The van der Waals surface area contributed by atoms with E-state index in [2.05, 4.69) is 10.1 Å². The van der Waals surface area contributed by atoms with Gasteiger partial charge >= 0.3 is 0 Å². The molecule has 2 aliphatic carbocycles. The van der Waals surface area contributed by atoms with Gasteiger partial charge in [0.15, 0.2) is 5.82 Å². The van der Waals surface area contributed by atoms with Crippen molar-refractivity contribution >= 4 is 17.5 Å². The molecule has 1 heterocycles. The monoisotopic (exact) mass is 308 g/mol. The fourth-order valence-electron chi connectivity index (χ4n) is 3.31. The van der Waals surface area contributed by atoms with Gasteiger partial charge < -0.3 is 4.52 Å². The minimum atomic E-state index is -0.145. The molecule has 0 spiro atoms. The largest absolute Gasteiger partial charge is 0.339 e. The summed E-state index contributed by atoms with van der Waals surface area (Å²) in [6.07, 6.45) is 11.5. The van der Waals surface area contributed by atoms with E-state index in [-0.39, 0.29) is 11.7 Å². The van der Waals surface area contributed by atoms with Crippen LogP contribution in [0.25, 0.3) is 0 Å². The van der Waals surface area contributed by atoms with E-state index in [0.717, 1.165) is 42.5 Å². The first-order chi connectivity index (χ1) is 10.3. The first-order valence-electron chi connectivity index (χ1n) is 8.30. The van der Waals surface area contributed by atoms with Crippen LogP contribution in [0.1, 0.15) is 81.8 Å². The van der Waals surface area contributed by atoms with E-state index in [1.165, 1.54) is 32.1 Å². The van der Waals surface area contributed by atoms with E-state index >= 15 is 0 Å². The topological polar surface area (TPSA) is 56.0 Å². The maximum absolute atomic E-state index is 12.1. The number of hydrogen-bond acceptors (Lipinski definition) is 5. The molecule has 21 heavy (non-hydrogen) atoms. The minimum absolute atomic E-state index is 0.145. The van der Waals surface area contributed by atoms with Gasteiger partial charge in [0.05, 0.1) is 11.7 Å². The molecular formula is C16H24N2O2S. The minimum Gasteiger partial charge on any atom is -0.339 e. The van der Waals surface area contributed by atoms with Crippen molar-refractivity contribution in [3.8, 4) is 0 Å². The van der Waals surface area contributed by atoms with Crippen molar-refractivity contribution in [1.29, 1.82) is 0 Å². The zero-order chi connectivity index (χ0) is 14.5. The Balaban J connectivity index is 1.56. The van der Waals surface area contributed by atoms with Gasteiger partial charge in [0, 0.05) is 11.7 Å². The Morgan fingerprint density at radius 2 is 1.81 bits per heavy atom. The SMILES string of the molecule is O=C1CCCCCC1c1nc(CSC2CCCCC2)no1. The van der Waals surface area contributed by atoms with Gasteiger partial charge in [-0.2, -0.15) is 16.7 Å². The Bertz CT molecular complexity index is 469. The number of nitrogens with zero attached hydrogens (tertiary/aromatic N) is 2. The Hall–Kier alpha value is -0.840. The van der Waals surface area contributed by atoms with Gasteiger partial charge in [-0.15, -0.1) is 0 Å². The van der Waals surface area contributed by atoms with Crippen LogP contribution in [0.3, 0.4) is 0 Å². The van der Waals surface area contributed by atoms with Crippen molar-refractivity contribution in [2.45, 2.75) is 81.1 Å². The molecule has 0 N–H and O–H groups in total. The molecule has 5 heteroatoms. The second-order valence-electron chi connectivity index (χ2n) is 6.24. The zero-order valence-electron chi connectivity index (χ0n) is 12.6. The van der Waals surface area contributed by atoms with Gasteiger partial charge in [-0.05, 0) is 25.7 Å². The molecule has 0 aliphatic heterocycles. The van der Waals surface area contributed by atoms with Crippen LogP contribution in [0, 0.1) is 0 Å². The van der Waals surface area contributed by atoms with Gasteiger partial charge in [-0.25, -0.2) is 0 Å². The molecular weight excluding hydrogens is 284 g/mol. The molecule has 1 unspecified atom stereocenters. The van der Waals surface area contributed by atoms with Crippen LogP contribution in [0.4, 0.5) is 0 Å². The van der Waals surface area contributed by atoms with Crippen LogP contribution in [-0.2, 0) is 10.5 Å². The maximum Gasteiger partial charge on any atom is 0.237 e. The van der Waals surface area contributed by atoms with Gasteiger partial charge in [0.2, 0.25) is 5.89 Å². The predicted octanol–water partition coefficient (Wildman–Crippen LogP) is 4.25. The summed E-state index contributed by atoms with van der Waals surface area (Å²) in [6.45, 7) is 0. The van der Waals surface area contributed by atoms with Crippen LogP contribution in [0.5, 0.6) is 0 Å². The van der Waals surface area contributed by atoms with Crippen molar-refractivity contribution in [2.75, 3.05) is 0 Å². The summed E-state index contributed by atoms with van der Waals surface area (Å²) in [5.41, 5.74) is 0. The summed E-state index contributed by atoms with van der Waals surface area (Å²) >= 11 is 1.95. The van der Waals surface area contributed by atoms with E-state index in [0.29, 0.717) is 12.3 Å². The molecule has 4 nitrogen and oxygen atoms in total. The second-order valence-corrected chi connectivity index (χ2v) is 7.53. The quantitative estimate of drug-likeness (QED) is 0.778. The maximum atomic E-state index is 12.1. The van der Waals surface area contributed by atoms with E-state index in [9.17, 15) is 4.79 Å². The van der Waals surface area contributed by atoms with E-state index in [4.69, 9.17) is 4.52 Å². The average molecular weight is 308 g/mol.